The monoisotopic (exact) mass is 446 g/mol. The Kier molecular flexibility index (Phi) is 6.45. The Labute approximate surface area is 194 Å². The standard InChI is InChI=1S/C27H30N2O4/c1-4-12-28-20-13-18(17-8-6-5-7-9-17)14-22(31)25(20)21(30)11-10-19-26-23(32)15-27(2,3)16-24(26)33-29-19/h4-9,18,30H,1,10-16H2,2-3H3/b25-21+,28-20?. The van der Waals surface area contributed by atoms with Gasteiger partial charge in [-0.25, -0.2) is 0 Å². The molecule has 1 aromatic heterocycles. The van der Waals surface area contributed by atoms with E-state index in [1.54, 1.807) is 6.08 Å². The van der Waals surface area contributed by atoms with Crippen LogP contribution < -0.4 is 0 Å². The predicted octanol–water partition coefficient (Wildman–Crippen LogP) is 5.35. The molecular formula is C27H30N2O4. The molecule has 2 aromatic rings. The molecule has 172 valence electrons. The number of aliphatic hydroxyl groups excluding tert-OH is 1. The van der Waals surface area contributed by atoms with Gasteiger partial charge in [-0.05, 0) is 23.3 Å². The first-order valence-electron chi connectivity index (χ1n) is 11.4. The fourth-order valence-corrected chi connectivity index (χ4v) is 4.85. The van der Waals surface area contributed by atoms with Crippen LogP contribution in [0.1, 0.15) is 72.8 Å². The predicted molar refractivity (Wildman–Crippen MR) is 127 cm³/mol. The second kappa shape index (κ2) is 9.30. The zero-order chi connectivity index (χ0) is 23.6. The Morgan fingerprint density at radius 3 is 2.70 bits per heavy atom. The van der Waals surface area contributed by atoms with Gasteiger partial charge in [0.1, 0.15) is 11.5 Å². The number of aryl methyl sites for hydroxylation is 1. The van der Waals surface area contributed by atoms with Crippen molar-refractivity contribution in [2.45, 2.75) is 58.3 Å². The molecule has 1 fully saturated rings. The van der Waals surface area contributed by atoms with Crippen LogP contribution in [0.25, 0.3) is 0 Å². The van der Waals surface area contributed by atoms with E-state index in [2.05, 4.69) is 16.7 Å². The van der Waals surface area contributed by atoms with E-state index < -0.39 is 0 Å². The summed E-state index contributed by atoms with van der Waals surface area (Å²) in [5.41, 5.74) is 2.95. The second-order valence-corrected chi connectivity index (χ2v) is 9.71. The summed E-state index contributed by atoms with van der Waals surface area (Å²) in [5, 5.41) is 15.0. The molecule has 1 heterocycles. The molecule has 0 saturated heterocycles. The van der Waals surface area contributed by atoms with Gasteiger partial charge in [0.15, 0.2) is 11.6 Å². The quantitative estimate of drug-likeness (QED) is 0.367. The van der Waals surface area contributed by atoms with E-state index in [0.29, 0.717) is 67.0 Å². The minimum Gasteiger partial charge on any atom is -0.511 e. The summed E-state index contributed by atoms with van der Waals surface area (Å²) >= 11 is 0. The summed E-state index contributed by atoms with van der Waals surface area (Å²) < 4.78 is 5.46. The van der Waals surface area contributed by atoms with Gasteiger partial charge in [0.2, 0.25) is 0 Å². The lowest BCUT2D eigenvalue weighted by molar-refractivity contribution is -0.116. The molecule has 0 aliphatic heterocycles. The smallest absolute Gasteiger partial charge is 0.168 e. The molecule has 0 spiro atoms. The molecule has 1 saturated carbocycles. The van der Waals surface area contributed by atoms with Crippen LogP contribution in [0.3, 0.4) is 0 Å². The topological polar surface area (TPSA) is 92.8 Å². The molecule has 6 nitrogen and oxygen atoms in total. The van der Waals surface area contributed by atoms with Crippen LogP contribution in [0.15, 0.2) is 63.8 Å². The molecule has 4 rings (SSSR count). The highest BCUT2D eigenvalue weighted by Crippen LogP contribution is 2.37. The molecule has 0 bridgehead atoms. The van der Waals surface area contributed by atoms with Crippen LogP contribution in [0.4, 0.5) is 0 Å². The zero-order valence-electron chi connectivity index (χ0n) is 19.3. The number of rotatable bonds is 6. The molecular weight excluding hydrogens is 416 g/mol. The van der Waals surface area contributed by atoms with Gasteiger partial charge in [0, 0.05) is 37.8 Å². The number of benzene rings is 1. The number of aliphatic hydroxyl groups is 1. The largest absolute Gasteiger partial charge is 0.511 e. The van der Waals surface area contributed by atoms with Crippen LogP contribution in [0.5, 0.6) is 0 Å². The van der Waals surface area contributed by atoms with Crippen LogP contribution in [0.2, 0.25) is 0 Å². The highest BCUT2D eigenvalue weighted by atomic mass is 16.5. The molecule has 1 N–H and O–H groups in total. The fraction of sp³-hybridized carbons (Fsp3) is 0.407. The number of hydrogen-bond acceptors (Lipinski definition) is 6. The van der Waals surface area contributed by atoms with E-state index in [4.69, 9.17) is 4.52 Å². The van der Waals surface area contributed by atoms with Crippen molar-refractivity contribution in [2.24, 2.45) is 10.4 Å². The van der Waals surface area contributed by atoms with E-state index >= 15 is 0 Å². The van der Waals surface area contributed by atoms with Crippen molar-refractivity contribution in [3.8, 4) is 0 Å². The van der Waals surface area contributed by atoms with Gasteiger partial charge in [0.25, 0.3) is 0 Å². The van der Waals surface area contributed by atoms with Crippen molar-refractivity contribution >= 4 is 17.3 Å². The zero-order valence-corrected chi connectivity index (χ0v) is 19.3. The number of fused-ring (bicyclic) bond motifs is 1. The first-order valence-corrected chi connectivity index (χ1v) is 11.4. The number of carbonyl (C=O) groups excluding carboxylic acids is 2. The normalized spacial score (nSPS) is 22.8. The summed E-state index contributed by atoms with van der Waals surface area (Å²) in [7, 11) is 0. The maximum Gasteiger partial charge on any atom is 0.168 e. The van der Waals surface area contributed by atoms with Gasteiger partial charge in [-0.15, -0.1) is 6.58 Å². The minimum atomic E-state index is -0.147. The number of carbonyl (C=O) groups is 2. The SMILES string of the molecule is C=CCN=C1CC(c2ccccc2)CC(=O)/C1=C(/O)CCc1noc2c1C(=O)CC(C)(C)C2. The first-order chi connectivity index (χ1) is 15.8. The summed E-state index contributed by atoms with van der Waals surface area (Å²) in [6.45, 7) is 8.17. The number of ketones is 2. The maximum absolute atomic E-state index is 13.1. The van der Waals surface area contributed by atoms with E-state index in [9.17, 15) is 14.7 Å². The van der Waals surface area contributed by atoms with E-state index in [0.717, 1.165) is 5.56 Å². The van der Waals surface area contributed by atoms with Crippen molar-refractivity contribution in [2.75, 3.05) is 6.54 Å². The number of allylic oxidation sites excluding steroid dienone is 2. The van der Waals surface area contributed by atoms with Crippen LogP contribution >= 0.6 is 0 Å². The lowest BCUT2D eigenvalue weighted by Gasteiger charge is -2.27. The van der Waals surface area contributed by atoms with Gasteiger partial charge in [-0.2, -0.15) is 0 Å². The third-order valence-corrected chi connectivity index (χ3v) is 6.40. The van der Waals surface area contributed by atoms with E-state index in [-0.39, 0.29) is 35.1 Å². The van der Waals surface area contributed by atoms with Crippen LogP contribution in [0, 0.1) is 5.41 Å². The molecule has 33 heavy (non-hydrogen) atoms. The molecule has 2 aliphatic carbocycles. The van der Waals surface area contributed by atoms with Gasteiger partial charge in [0.05, 0.1) is 23.4 Å². The highest BCUT2D eigenvalue weighted by molar-refractivity contribution is 6.24. The Morgan fingerprint density at radius 2 is 1.97 bits per heavy atom. The average molecular weight is 447 g/mol. The van der Waals surface area contributed by atoms with Crippen molar-refractivity contribution in [3.63, 3.8) is 0 Å². The van der Waals surface area contributed by atoms with Gasteiger partial charge >= 0.3 is 0 Å². The van der Waals surface area contributed by atoms with Crippen molar-refractivity contribution in [1.82, 2.24) is 5.16 Å². The minimum absolute atomic E-state index is 0.00494. The summed E-state index contributed by atoms with van der Waals surface area (Å²) in [6.07, 6.45) is 4.20. The number of aromatic nitrogens is 1. The van der Waals surface area contributed by atoms with Crippen molar-refractivity contribution in [3.05, 3.63) is 76.9 Å². The number of nitrogens with zero attached hydrogens (tertiary/aromatic N) is 2. The summed E-state index contributed by atoms with van der Waals surface area (Å²) in [5.74, 6) is 0.552. The summed E-state index contributed by atoms with van der Waals surface area (Å²) in [4.78, 5) is 30.3. The van der Waals surface area contributed by atoms with Crippen molar-refractivity contribution in [1.29, 1.82) is 0 Å². The maximum atomic E-state index is 13.1. The van der Waals surface area contributed by atoms with E-state index in [1.807, 2.05) is 44.2 Å². The van der Waals surface area contributed by atoms with E-state index in [1.165, 1.54) is 0 Å². The second-order valence-electron chi connectivity index (χ2n) is 9.71. The molecule has 2 aliphatic rings. The lowest BCUT2D eigenvalue weighted by Crippen LogP contribution is -2.27. The molecule has 6 heteroatoms. The number of aliphatic imine (C=N–C) groups is 1. The fourth-order valence-electron chi connectivity index (χ4n) is 4.85. The lowest BCUT2D eigenvalue weighted by atomic mass is 9.76. The van der Waals surface area contributed by atoms with Crippen LogP contribution in [-0.2, 0) is 17.6 Å². The average Bonchev–Trinajstić information content (AvgIpc) is 3.18. The Morgan fingerprint density at radius 1 is 1.21 bits per heavy atom. The van der Waals surface area contributed by atoms with Gasteiger partial charge in [-0.3, -0.25) is 14.6 Å². The van der Waals surface area contributed by atoms with Crippen molar-refractivity contribution < 1.29 is 19.2 Å². The third-order valence-electron chi connectivity index (χ3n) is 6.40. The molecule has 1 atom stereocenters. The molecule has 0 amide bonds. The molecule has 1 unspecified atom stereocenters. The third kappa shape index (κ3) is 4.90. The summed E-state index contributed by atoms with van der Waals surface area (Å²) in [6, 6.07) is 9.91. The Hall–Kier alpha value is -3.28. The van der Waals surface area contributed by atoms with Gasteiger partial charge < -0.3 is 9.63 Å². The Balaban J connectivity index is 1.56. The number of Topliss-reactive ketones (excluding diaryl/α,β-unsaturated/α-hetero) is 2. The first kappa shape index (κ1) is 22.9. The number of hydrogen-bond donors (Lipinski definition) is 1. The molecule has 1 aromatic carbocycles. The van der Waals surface area contributed by atoms with Crippen LogP contribution in [-0.4, -0.2) is 34.1 Å². The molecule has 0 radical (unpaired) electrons. The van der Waals surface area contributed by atoms with Gasteiger partial charge in [-0.1, -0.05) is 55.4 Å². The Bertz CT molecular complexity index is 1140. The highest BCUT2D eigenvalue weighted by Gasteiger charge is 2.37.